The summed E-state index contributed by atoms with van der Waals surface area (Å²) in [6, 6.07) is 13.5. The molecular weight excluding hydrogens is 372 g/mol. The Morgan fingerprint density at radius 1 is 1.11 bits per heavy atom. The summed E-state index contributed by atoms with van der Waals surface area (Å²) in [4.78, 5) is 27.1. The first-order valence-electron chi connectivity index (χ1n) is 8.00. The zero-order valence-corrected chi connectivity index (χ0v) is 15.1. The van der Waals surface area contributed by atoms with Gasteiger partial charge in [-0.2, -0.15) is 4.98 Å². The van der Waals surface area contributed by atoms with E-state index in [1.807, 2.05) is 0 Å². The van der Waals surface area contributed by atoms with Crippen LogP contribution in [0.1, 0.15) is 23.2 Å². The molecule has 0 aliphatic carbocycles. The molecule has 0 fully saturated rings. The molecule has 0 saturated carbocycles. The number of esters is 1. The van der Waals surface area contributed by atoms with Gasteiger partial charge in [-0.1, -0.05) is 28.9 Å². The van der Waals surface area contributed by atoms with Gasteiger partial charge in [-0.3, -0.25) is 4.79 Å². The van der Waals surface area contributed by atoms with Crippen molar-refractivity contribution in [3.05, 3.63) is 65.0 Å². The van der Waals surface area contributed by atoms with Crippen molar-refractivity contribution in [1.82, 2.24) is 10.1 Å². The Balaban J connectivity index is 1.49. The smallest absolute Gasteiger partial charge is 0.344 e. The Hall–Kier alpha value is -3.19. The van der Waals surface area contributed by atoms with Crippen LogP contribution in [-0.4, -0.2) is 28.5 Å². The fourth-order valence-electron chi connectivity index (χ4n) is 2.18. The molecule has 0 bridgehead atoms. The van der Waals surface area contributed by atoms with E-state index >= 15 is 0 Å². The highest BCUT2D eigenvalue weighted by atomic mass is 35.5. The Morgan fingerprint density at radius 2 is 1.85 bits per heavy atom. The molecule has 0 amide bonds. The number of carbonyl (C=O) groups excluding carboxylic acids is 2. The molecule has 27 heavy (non-hydrogen) atoms. The van der Waals surface area contributed by atoms with Crippen LogP contribution < -0.4 is 4.74 Å². The van der Waals surface area contributed by atoms with Gasteiger partial charge in [0.15, 0.2) is 19.0 Å². The molecule has 138 valence electrons. The summed E-state index contributed by atoms with van der Waals surface area (Å²) in [5.41, 5.74) is 1.19. The Labute approximate surface area is 159 Å². The lowest BCUT2D eigenvalue weighted by Gasteiger charge is -2.06. The van der Waals surface area contributed by atoms with Crippen molar-refractivity contribution >= 4 is 23.4 Å². The fraction of sp³-hybridized carbons (Fsp3) is 0.158. The van der Waals surface area contributed by atoms with E-state index in [2.05, 4.69) is 10.1 Å². The van der Waals surface area contributed by atoms with Crippen molar-refractivity contribution in [2.24, 2.45) is 0 Å². The van der Waals surface area contributed by atoms with Gasteiger partial charge in [-0.05, 0) is 43.3 Å². The molecule has 8 heteroatoms. The number of halogens is 1. The Kier molecular flexibility index (Phi) is 5.83. The highest BCUT2D eigenvalue weighted by Crippen LogP contribution is 2.24. The molecule has 0 unspecified atom stereocenters. The molecule has 0 aliphatic heterocycles. The van der Waals surface area contributed by atoms with Crippen LogP contribution in [-0.2, 0) is 16.1 Å². The highest BCUT2D eigenvalue weighted by molar-refractivity contribution is 6.33. The third kappa shape index (κ3) is 4.92. The Bertz CT molecular complexity index is 953. The largest absolute Gasteiger partial charge is 0.482 e. The van der Waals surface area contributed by atoms with Gasteiger partial charge in [0.25, 0.3) is 5.89 Å². The molecule has 0 spiro atoms. The van der Waals surface area contributed by atoms with Crippen molar-refractivity contribution in [2.45, 2.75) is 13.5 Å². The van der Waals surface area contributed by atoms with E-state index in [1.165, 1.54) is 6.92 Å². The van der Waals surface area contributed by atoms with E-state index in [4.69, 9.17) is 25.6 Å². The lowest BCUT2D eigenvalue weighted by molar-refractivity contribution is -0.148. The first-order valence-corrected chi connectivity index (χ1v) is 8.37. The first-order chi connectivity index (χ1) is 13.0. The number of ether oxygens (including phenoxy) is 2. The summed E-state index contributed by atoms with van der Waals surface area (Å²) in [5, 5.41) is 4.31. The van der Waals surface area contributed by atoms with Crippen LogP contribution in [0.3, 0.4) is 0 Å². The summed E-state index contributed by atoms with van der Waals surface area (Å²) in [6.45, 7) is 1.01. The summed E-state index contributed by atoms with van der Waals surface area (Å²) >= 11 is 6.08. The molecule has 0 saturated heterocycles. The van der Waals surface area contributed by atoms with Crippen LogP contribution in [0.15, 0.2) is 53.1 Å². The predicted molar refractivity (Wildman–Crippen MR) is 96.5 cm³/mol. The maximum atomic E-state index is 11.8. The third-order valence-corrected chi connectivity index (χ3v) is 3.89. The number of rotatable bonds is 7. The van der Waals surface area contributed by atoms with Crippen LogP contribution in [0.25, 0.3) is 11.4 Å². The van der Waals surface area contributed by atoms with Gasteiger partial charge in [-0.25, -0.2) is 4.79 Å². The fourth-order valence-corrected chi connectivity index (χ4v) is 2.40. The van der Waals surface area contributed by atoms with E-state index in [9.17, 15) is 9.59 Å². The minimum Gasteiger partial charge on any atom is -0.482 e. The standard InChI is InChI=1S/C19H15ClN2O5/c1-12(23)13-6-8-14(9-7-13)25-11-18(24)26-10-17-21-19(22-27-17)15-4-2-3-5-16(15)20/h2-9H,10-11H2,1H3. The number of Topliss-reactive ketones (excluding diaryl/α,β-unsaturated/α-hetero) is 1. The van der Waals surface area contributed by atoms with Gasteiger partial charge in [-0.15, -0.1) is 0 Å². The van der Waals surface area contributed by atoms with Crippen molar-refractivity contribution in [3.63, 3.8) is 0 Å². The quantitative estimate of drug-likeness (QED) is 0.451. The number of ketones is 1. The molecule has 1 aromatic heterocycles. The number of carbonyl (C=O) groups is 2. The molecule has 0 aliphatic rings. The van der Waals surface area contributed by atoms with Gasteiger partial charge >= 0.3 is 5.97 Å². The number of benzene rings is 2. The zero-order valence-electron chi connectivity index (χ0n) is 14.3. The van der Waals surface area contributed by atoms with E-state index in [-0.39, 0.29) is 24.9 Å². The Morgan fingerprint density at radius 3 is 2.56 bits per heavy atom. The van der Waals surface area contributed by atoms with Crippen molar-refractivity contribution in [2.75, 3.05) is 6.61 Å². The minimum atomic E-state index is -0.594. The van der Waals surface area contributed by atoms with Crippen molar-refractivity contribution in [1.29, 1.82) is 0 Å². The normalized spacial score (nSPS) is 10.4. The average molecular weight is 387 g/mol. The second kappa shape index (κ2) is 8.46. The SMILES string of the molecule is CC(=O)c1ccc(OCC(=O)OCc2nc(-c3ccccc3Cl)no2)cc1. The highest BCUT2D eigenvalue weighted by Gasteiger charge is 2.13. The molecule has 1 heterocycles. The number of nitrogens with zero attached hydrogens (tertiary/aromatic N) is 2. The molecule has 0 N–H and O–H groups in total. The second-order valence-electron chi connectivity index (χ2n) is 5.52. The summed E-state index contributed by atoms with van der Waals surface area (Å²) in [7, 11) is 0. The molecule has 7 nitrogen and oxygen atoms in total. The number of aromatic nitrogens is 2. The van der Waals surface area contributed by atoms with E-state index in [1.54, 1.807) is 48.5 Å². The van der Waals surface area contributed by atoms with Gasteiger partial charge in [0.05, 0.1) is 5.02 Å². The van der Waals surface area contributed by atoms with Crippen molar-refractivity contribution in [3.8, 4) is 17.1 Å². The van der Waals surface area contributed by atoms with Crippen LogP contribution in [0.2, 0.25) is 5.02 Å². The third-order valence-electron chi connectivity index (χ3n) is 3.56. The van der Waals surface area contributed by atoms with Gasteiger partial charge in [0.1, 0.15) is 5.75 Å². The van der Waals surface area contributed by atoms with Gasteiger partial charge in [0.2, 0.25) is 5.82 Å². The molecule has 3 rings (SSSR count). The maximum Gasteiger partial charge on any atom is 0.344 e. The maximum absolute atomic E-state index is 11.8. The summed E-state index contributed by atoms with van der Waals surface area (Å²) < 4.78 is 15.4. The second-order valence-corrected chi connectivity index (χ2v) is 5.93. The lowest BCUT2D eigenvalue weighted by atomic mass is 10.1. The summed E-state index contributed by atoms with van der Waals surface area (Å²) in [6.07, 6.45) is 0. The molecule has 3 aromatic rings. The molecule has 2 aromatic carbocycles. The van der Waals surface area contributed by atoms with E-state index in [0.29, 0.717) is 27.7 Å². The summed E-state index contributed by atoms with van der Waals surface area (Å²) in [5.74, 6) is 0.271. The van der Waals surface area contributed by atoms with E-state index < -0.39 is 5.97 Å². The van der Waals surface area contributed by atoms with Gasteiger partial charge < -0.3 is 14.0 Å². The van der Waals surface area contributed by atoms with Crippen LogP contribution in [0.4, 0.5) is 0 Å². The number of hydrogen-bond acceptors (Lipinski definition) is 7. The first kappa shape index (κ1) is 18.6. The van der Waals surface area contributed by atoms with Crippen molar-refractivity contribution < 1.29 is 23.6 Å². The molecule has 0 atom stereocenters. The molecule has 0 radical (unpaired) electrons. The minimum absolute atomic E-state index is 0.0447. The average Bonchev–Trinajstić information content (AvgIpc) is 3.14. The van der Waals surface area contributed by atoms with E-state index in [0.717, 1.165) is 0 Å². The van der Waals surface area contributed by atoms with Crippen LogP contribution in [0.5, 0.6) is 5.75 Å². The van der Waals surface area contributed by atoms with Crippen LogP contribution in [0, 0.1) is 0 Å². The lowest BCUT2D eigenvalue weighted by Crippen LogP contribution is -2.14. The molecular formula is C19H15ClN2O5. The van der Waals surface area contributed by atoms with Crippen LogP contribution >= 0.6 is 11.6 Å². The van der Waals surface area contributed by atoms with Gasteiger partial charge in [0, 0.05) is 11.1 Å². The number of hydrogen-bond donors (Lipinski definition) is 0. The zero-order chi connectivity index (χ0) is 19.2. The topological polar surface area (TPSA) is 91.5 Å². The predicted octanol–water partition coefficient (Wildman–Crippen LogP) is 3.71. The monoisotopic (exact) mass is 386 g/mol.